The largest absolute Gasteiger partial charge is 0.573 e. The summed E-state index contributed by atoms with van der Waals surface area (Å²) in [4.78, 5) is 0. The van der Waals surface area contributed by atoms with Gasteiger partial charge in [0.25, 0.3) is 0 Å². The molecular formula is C48H70F6O2. The third-order valence-corrected chi connectivity index (χ3v) is 14.4. The van der Waals surface area contributed by atoms with Crippen LogP contribution in [0, 0.1) is 47.3 Å². The third kappa shape index (κ3) is 15.8. The molecular weight excluding hydrogens is 723 g/mol. The van der Waals surface area contributed by atoms with E-state index in [1.165, 1.54) is 153 Å². The number of alkyl halides is 6. The van der Waals surface area contributed by atoms with Crippen molar-refractivity contribution in [1.82, 2.24) is 0 Å². The van der Waals surface area contributed by atoms with E-state index in [-0.39, 0.29) is 11.5 Å². The average molecular weight is 793 g/mol. The lowest BCUT2D eigenvalue weighted by Gasteiger charge is -2.38. The second kappa shape index (κ2) is 22.1. The molecule has 2 aromatic rings. The minimum atomic E-state index is -4.62. The van der Waals surface area contributed by atoms with Gasteiger partial charge >= 0.3 is 12.7 Å². The molecule has 0 aromatic heterocycles. The van der Waals surface area contributed by atoms with Crippen molar-refractivity contribution in [3.63, 3.8) is 0 Å². The zero-order valence-corrected chi connectivity index (χ0v) is 34.3. The number of halogens is 6. The van der Waals surface area contributed by atoms with E-state index in [9.17, 15) is 26.3 Å². The molecule has 2 aromatic carbocycles. The summed E-state index contributed by atoms with van der Waals surface area (Å²) in [5.74, 6) is 7.08. The van der Waals surface area contributed by atoms with Crippen LogP contribution in [0.4, 0.5) is 26.3 Å². The Hall–Kier alpha value is -2.38. The topological polar surface area (TPSA) is 18.5 Å². The Labute approximate surface area is 334 Å². The van der Waals surface area contributed by atoms with E-state index in [1.54, 1.807) is 24.3 Å². The van der Waals surface area contributed by atoms with Crippen LogP contribution in [-0.2, 0) is 12.8 Å². The van der Waals surface area contributed by atoms with Gasteiger partial charge in [0.1, 0.15) is 11.5 Å². The Bertz CT molecular complexity index is 1340. The molecule has 0 amide bonds. The lowest BCUT2D eigenvalue weighted by molar-refractivity contribution is -0.275. The Kier molecular flexibility index (Phi) is 17.7. The lowest BCUT2D eigenvalue weighted by Crippen LogP contribution is -2.26. The second-order valence-corrected chi connectivity index (χ2v) is 18.1. The summed E-state index contributed by atoms with van der Waals surface area (Å²) >= 11 is 0. The van der Waals surface area contributed by atoms with Gasteiger partial charge in [0.15, 0.2) is 0 Å². The normalized spacial score (nSPS) is 28.9. The fraction of sp³-hybridized carbons (Fsp3) is 0.750. The minimum Gasteiger partial charge on any atom is -0.406 e. The van der Waals surface area contributed by atoms with Crippen LogP contribution in [0.15, 0.2) is 48.5 Å². The molecule has 6 rings (SSSR count). The zero-order chi connectivity index (χ0) is 40.0. The summed E-state index contributed by atoms with van der Waals surface area (Å²) in [7, 11) is 0. The summed E-state index contributed by atoms with van der Waals surface area (Å²) in [6, 6.07) is 12.8. The zero-order valence-electron chi connectivity index (χ0n) is 34.3. The van der Waals surface area contributed by atoms with Crippen molar-refractivity contribution in [2.45, 2.75) is 181 Å². The molecule has 56 heavy (non-hydrogen) atoms. The van der Waals surface area contributed by atoms with Gasteiger partial charge in [-0.15, -0.1) is 26.3 Å². The molecule has 0 heterocycles. The first kappa shape index (κ1) is 44.7. The summed E-state index contributed by atoms with van der Waals surface area (Å²) in [5, 5.41) is 0. The molecule has 0 aliphatic heterocycles. The molecule has 0 N–H and O–H groups in total. The number of hydrogen-bond donors (Lipinski definition) is 0. The molecule has 4 saturated carbocycles. The molecule has 2 nitrogen and oxygen atoms in total. The SMILES string of the molecule is CCC1CCC(C2CCC(CCc3ccc(OC(F)(F)F)cc3)CC2)CC1.CCCCC1CCC(C2CCC(CCc3ccc(OC(F)(F)F)cc3)CC2)CC1. The highest BCUT2D eigenvalue weighted by atomic mass is 19.4. The predicted octanol–water partition coefficient (Wildman–Crippen LogP) is 15.9. The van der Waals surface area contributed by atoms with Crippen molar-refractivity contribution in [2.24, 2.45) is 47.3 Å². The van der Waals surface area contributed by atoms with Crippen molar-refractivity contribution >= 4 is 0 Å². The molecule has 4 aliphatic rings. The standard InChI is InChI=1S/C25H37F3O.C23H33F3O/c1-2-3-4-19-7-13-22(14-8-19)23-15-9-20(10-16-23)5-6-21-11-17-24(18-12-21)29-25(26,27)28;1-2-17-5-11-20(12-6-17)21-13-7-18(8-14-21)3-4-19-9-15-22(16-10-19)27-23(24,25)26/h11-12,17-20,22-23H,2-10,13-16H2,1H3;9-10,15-18,20-21H,2-8,11-14H2,1H3. The van der Waals surface area contributed by atoms with Gasteiger partial charge in [-0.25, -0.2) is 0 Å². The highest BCUT2D eigenvalue weighted by Gasteiger charge is 2.34. The fourth-order valence-electron chi connectivity index (χ4n) is 10.9. The van der Waals surface area contributed by atoms with Gasteiger partial charge in [-0.3, -0.25) is 0 Å². The third-order valence-electron chi connectivity index (χ3n) is 14.4. The fourth-order valence-corrected chi connectivity index (χ4v) is 10.9. The first-order chi connectivity index (χ1) is 26.9. The number of benzene rings is 2. The number of hydrogen-bond acceptors (Lipinski definition) is 2. The Balaban J connectivity index is 0.000000215. The van der Waals surface area contributed by atoms with E-state index in [4.69, 9.17) is 0 Å². The van der Waals surface area contributed by atoms with Crippen molar-refractivity contribution in [2.75, 3.05) is 0 Å². The van der Waals surface area contributed by atoms with Crippen LogP contribution in [0.5, 0.6) is 11.5 Å². The number of ether oxygens (including phenoxy) is 2. The van der Waals surface area contributed by atoms with Gasteiger partial charge in [-0.1, -0.05) is 115 Å². The number of unbranched alkanes of at least 4 members (excludes halogenated alkanes) is 1. The molecule has 0 bridgehead atoms. The van der Waals surface area contributed by atoms with Crippen molar-refractivity contribution in [3.8, 4) is 11.5 Å². The molecule has 0 saturated heterocycles. The monoisotopic (exact) mass is 793 g/mol. The predicted molar refractivity (Wildman–Crippen MR) is 214 cm³/mol. The summed E-state index contributed by atoms with van der Waals surface area (Å²) < 4.78 is 81.3. The van der Waals surface area contributed by atoms with Crippen LogP contribution >= 0.6 is 0 Å². The first-order valence-corrected chi connectivity index (χ1v) is 22.5. The maximum atomic E-state index is 12.2. The minimum absolute atomic E-state index is 0.133. The Morgan fingerprint density at radius 2 is 0.732 bits per heavy atom. The van der Waals surface area contributed by atoms with Gasteiger partial charge in [0, 0.05) is 0 Å². The molecule has 316 valence electrons. The van der Waals surface area contributed by atoms with Crippen molar-refractivity contribution < 1.29 is 35.8 Å². The highest BCUT2D eigenvalue weighted by Crippen LogP contribution is 2.44. The van der Waals surface area contributed by atoms with E-state index < -0.39 is 12.7 Å². The highest BCUT2D eigenvalue weighted by molar-refractivity contribution is 5.28. The Morgan fingerprint density at radius 3 is 1.02 bits per heavy atom. The van der Waals surface area contributed by atoms with Crippen LogP contribution in [0.2, 0.25) is 0 Å². The van der Waals surface area contributed by atoms with Gasteiger partial charge in [0.2, 0.25) is 0 Å². The van der Waals surface area contributed by atoms with Crippen LogP contribution in [0.1, 0.15) is 166 Å². The van der Waals surface area contributed by atoms with Crippen LogP contribution < -0.4 is 9.47 Å². The van der Waals surface area contributed by atoms with Crippen molar-refractivity contribution in [3.05, 3.63) is 59.7 Å². The molecule has 4 aliphatic carbocycles. The Morgan fingerprint density at radius 1 is 0.429 bits per heavy atom. The summed E-state index contributed by atoms with van der Waals surface area (Å²) in [5.41, 5.74) is 2.21. The van der Waals surface area contributed by atoms with Gasteiger partial charge in [-0.2, -0.15) is 0 Å². The quantitative estimate of drug-likeness (QED) is 0.177. The maximum absolute atomic E-state index is 12.2. The van der Waals surface area contributed by atoms with Crippen molar-refractivity contribution in [1.29, 1.82) is 0 Å². The molecule has 0 unspecified atom stereocenters. The van der Waals surface area contributed by atoms with E-state index in [0.717, 1.165) is 84.2 Å². The maximum Gasteiger partial charge on any atom is 0.573 e. The molecule has 0 radical (unpaired) electrons. The molecule has 0 atom stereocenters. The van der Waals surface area contributed by atoms with E-state index in [1.807, 2.05) is 0 Å². The van der Waals surface area contributed by atoms with Gasteiger partial charge in [-0.05, 0) is 160 Å². The molecule has 4 fully saturated rings. The van der Waals surface area contributed by atoms with E-state index in [0.29, 0.717) is 0 Å². The smallest absolute Gasteiger partial charge is 0.406 e. The van der Waals surface area contributed by atoms with Crippen LogP contribution in [0.3, 0.4) is 0 Å². The average Bonchev–Trinajstić information content (AvgIpc) is 3.19. The van der Waals surface area contributed by atoms with E-state index >= 15 is 0 Å². The number of aryl methyl sites for hydroxylation is 2. The molecule has 0 spiro atoms. The van der Waals surface area contributed by atoms with Crippen LogP contribution in [-0.4, -0.2) is 12.7 Å². The first-order valence-electron chi connectivity index (χ1n) is 22.5. The van der Waals surface area contributed by atoms with Gasteiger partial charge in [0.05, 0.1) is 0 Å². The second-order valence-electron chi connectivity index (χ2n) is 18.1. The van der Waals surface area contributed by atoms with Crippen LogP contribution in [0.25, 0.3) is 0 Å². The number of rotatable bonds is 14. The summed E-state index contributed by atoms with van der Waals surface area (Å²) in [6.07, 6.45) is 22.9. The van der Waals surface area contributed by atoms with Gasteiger partial charge < -0.3 is 9.47 Å². The lowest BCUT2D eigenvalue weighted by atomic mass is 9.68. The van der Waals surface area contributed by atoms with E-state index in [2.05, 4.69) is 23.3 Å². The molecule has 8 heteroatoms. The summed E-state index contributed by atoms with van der Waals surface area (Å²) in [6.45, 7) is 4.62.